The second-order valence-corrected chi connectivity index (χ2v) is 5.46. The number of methoxy groups -OCH3 is 1. The molecule has 1 unspecified atom stereocenters. The van der Waals surface area contributed by atoms with Crippen molar-refractivity contribution >= 4 is 18.6 Å². The summed E-state index contributed by atoms with van der Waals surface area (Å²) in [6, 6.07) is 8.78. The SMILES string of the molecule is CCOP(=O)(/C=C/C(=O)OC)c1ccccc1. The van der Waals surface area contributed by atoms with Crippen LogP contribution in [-0.4, -0.2) is 19.7 Å². The molecule has 5 heteroatoms. The summed E-state index contributed by atoms with van der Waals surface area (Å²) in [5, 5.41) is 0.557. The van der Waals surface area contributed by atoms with Gasteiger partial charge in [-0.3, -0.25) is 4.57 Å². The van der Waals surface area contributed by atoms with Crippen LogP contribution in [0.2, 0.25) is 0 Å². The van der Waals surface area contributed by atoms with E-state index in [1.54, 1.807) is 31.2 Å². The average Bonchev–Trinajstić information content (AvgIpc) is 2.37. The summed E-state index contributed by atoms with van der Waals surface area (Å²) in [6.45, 7) is 2.05. The molecule has 1 aromatic carbocycles. The van der Waals surface area contributed by atoms with Gasteiger partial charge >= 0.3 is 5.97 Å². The molecule has 0 aromatic heterocycles. The summed E-state index contributed by atoms with van der Waals surface area (Å²) in [5.41, 5.74) is 0. The molecule has 0 saturated heterocycles. The van der Waals surface area contributed by atoms with Crippen LogP contribution in [0.5, 0.6) is 0 Å². The first kappa shape index (κ1) is 13.7. The van der Waals surface area contributed by atoms with Gasteiger partial charge in [0.25, 0.3) is 7.37 Å². The van der Waals surface area contributed by atoms with Crippen LogP contribution in [0.1, 0.15) is 6.92 Å². The first-order valence-corrected chi connectivity index (χ1v) is 6.89. The maximum atomic E-state index is 12.5. The first-order chi connectivity index (χ1) is 8.12. The summed E-state index contributed by atoms with van der Waals surface area (Å²) >= 11 is 0. The minimum atomic E-state index is -3.12. The Morgan fingerprint density at radius 3 is 2.53 bits per heavy atom. The molecule has 0 heterocycles. The van der Waals surface area contributed by atoms with Crippen LogP contribution in [0.25, 0.3) is 0 Å². The fourth-order valence-corrected chi connectivity index (χ4v) is 2.95. The lowest BCUT2D eigenvalue weighted by molar-refractivity contribution is -0.134. The minimum absolute atomic E-state index is 0.303. The normalized spacial score (nSPS) is 14.5. The number of benzene rings is 1. The lowest BCUT2D eigenvalue weighted by Crippen LogP contribution is -2.06. The van der Waals surface area contributed by atoms with Crippen LogP contribution in [-0.2, 0) is 18.6 Å². The van der Waals surface area contributed by atoms with Crippen LogP contribution in [0, 0.1) is 0 Å². The standard InChI is InChI=1S/C12H15O4P/c1-3-16-17(14,10-9-12(13)15-2)11-7-5-4-6-8-11/h4-10H,3H2,1-2H3/b10-9+. The Balaban J connectivity index is 3.02. The summed E-state index contributed by atoms with van der Waals surface area (Å²) in [5.74, 6) is 0.721. The monoisotopic (exact) mass is 254 g/mol. The Hall–Kier alpha value is -1.38. The summed E-state index contributed by atoms with van der Waals surface area (Å²) in [6.07, 6.45) is 1.13. The van der Waals surface area contributed by atoms with Crippen LogP contribution in [0.3, 0.4) is 0 Å². The highest BCUT2D eigenvalue weighted by Gasteiger charge is 2.21. The maximum absolute atomic E-state index is 12.5. The third kappa shape index (κ3) is 3.84. The van der Waals surface area contributed by atoms with Crippen molar-refractivity contribution < 1.29 is 18.6 Å². The molecule has 0 N–H and O–H groups in total. The number of esters is 1. The molecule has 0 radical (unpaired) electrons. The van der Waals surface area contributed by atoms with Crippen molar-refractivity contribution in [3.63, 3.8) is 0 Å². The van der Waals surface area contributed by atoms with E-state index in [1.807, 2.05) is 6.07 Å². The maximum Gasteiger partial charge on any atom is 0.330 e. The highest BCUT2D eigenvalue weighted by molar-refractivity contribution is 7.70. The van der Waals surface area contributed by atoms with Crippen molar-refractivity contribution in [1.82, 2.24) is 0 Å². The van der Waals surface area contributed by atoms with Crippen LogP contribution < -0.4 is 5.30 Å². The zero-order valence-electron chi connectivity index (χ0n) is 9.83. The van der Waals surface area contributed by atoms with Gasteiger partial charge in [0.05, 0.1) is 13.7 Å². The van der Waals surface area contributed by atoms with Gasteiger partial charge in [-0.15, -0.1) is 0 Å². The van der Waals surface area contributed by atoms with Gasteiger partial charge in [-0.1, -0.05) is 18.2 Å². The fraction of sp³-hybridized carbons (Fsp3) is 0.250. The van der Waals surface area contributed by atoms with Gasteiger partial charge in [0, 0.05) is 17.2 Å². The number of hydrogen-bond donors (Lipinski definition) is 0. The van der Waals surface area contributed by atoms with Gasteiger partial charge in [0.2, 0.25) is 0 Å². The molecule has 4 nitrogen and oxygen atoms in total. The quantitative estimate of drug-likeness (QED) is 0.459. The lowest BCUT2D eigenvalue weighted by atomic mass is 10.4. The van der Waals surface area contributed by atoms with E-state index in [1.165, 1.54) is 12.9 Å². The van der Waals surface area contributed by atoms with E-state index in [4.69, 9.17) is 4.52 Å². The molecule has 1 atom stereocenters. The number of rotatable bonds is 5. The van der Waals surface area contributed by atoms with E-state index >= 15 is 0 Å². The Labute approximate surface area is 101 Å². The number of carbonyl (C=O) groups is 1. The molecule has 0 aliphatic rings. The number of carbonyl (C=O) groups excluding carboxylic acids is 1. The van der Waals surface area contributed by atoms with Gasteiger partial charge in [0.15, 0.2) is 0 Å². The zero-order chi connectivity index (χ0) is 12.7. The predicted molar refractivity (Wildman–Crippen MR) is 66.5 cm³/mol. The van der Waals surface area contributed by atoms with E-state index in [0.29, 0.717) is 11.9 Å². The van der Waals surface area contributed by atoms with E-state index in [0.717, 1.165) is 6.08 Å². The molecule has 17 heavy (non-hydrogen) atoms. The van der Waals surface area contributed by atoms with E-state index < -0.39 is 13.3 Å². The molecular formula is C12H15O4P. The van der Waals surface area contributed by atoms with Gasteiger partial charge in [-0.05, 0) is 19.1 Å². The highest BCUT2D eigenvalue weighted by atomic mass is 31.2. The van der Waals surface area contributed by atoms with Crippen molar-refractivity contribution in [2.24, 2.45) is 0 Å². The van der Waals surface area contributed by atoms with Crippen LogP contribution in [0.4, 0.5) is 0 Å². The summed E-state index contributed by atoms with van der Waals surface area (Å²) in [4.78, 5) is 11.0. The molecule has 1 aromatic rings. The van der Waals surface area contributed by atoms with Gasteiger partial charge in [0.1, 0.15) is 0 Å². The van der Waals surface area contributed by atoms with Gasteiger partial charge < -0.3 is 9.26 Å². The lowest BCUT2D eigenvalue weighted by Gasteiger charge is -2.13. The van der Waals surface area contributed by atoms with Crippen molar-refractivity contribution in [3.05, 3.63) is 42.2 Å². The van der Waals surface area contributed by atoms with Crippen LogP contribution in [0.15, 0.2) is 42.2 Å². The molecular weight excluding hydrogens is 239 g/mol. The largest absolute Gasteiger partial charge is 0.466 e. The molecule has 0 amide bonds. The molecule has 0 aliphatic heterocycles. The second kappa shape index (κ2) is 6.38. The highest BCUT2D eigenvalue weighted by Crippen LogP contribution is 2.47. The minimum Gasteiger partial charge on any atom is -0.466 e. The van der Waals surface area contributed by atoms with E-state index in [-0.39, 0.29) is 0 Å². The predicted octanol–water partition coefficient (Wildman–Crippen LogP) is 2.31. The smallest absolute Gasteiger partial charge is 0.330 e. The topological polar surface area (TPSA) is 52.6 Å². The Morgan fingerprint density at radius 1 is 1.35 bits per heavy atom. The Bertz CT molecular complexity index is 439. The number of ether oxygens (including phenoxy) is 1. The fourth-order valence-electron chi connectivity index (χ4n) is 1.26. The van der Waals surface area contributed by atoms with Crippen molar-refractivity contribution in [2.75, 3.05) is 13.7 Å². The Morgan fingerprint density at radius 2 is 2.00 bits per heavy atom. The van der Waals surface area contributed by atoms with Crippen LogP contribution >= 0.6 is 7.37 Å². The Kier molecular flexibility index (Phi) is 5.13. The molecule has 0 bridgehead atoms. The van der Waals surface area contributed by atoms with Crippen molar-refractivity contribution in [1.29, 1.82) is 0 Å². The van der Waals surface area contributed by atoms with Crippen molar-refractivity contribution in [3.8, 4) is 0 Å². The summed E-state index contributed by atoms with van der Waals surface area (Å²) < 4.78 is 22.2. The summed E-state index contributed by atoms with van der Waals surface area (Å²) in [7, 11) is -1.86. The number of hydrogen-bond acceptors (Lipinski definition) is 4. The first-order valence-electron chi connectivity index (χ1n) is 5.19. The molecule has 0 aliphatic carbocycles. The molecule has 92 valence electrons. The second-order valence-electron chi connectivity index (χ2n) is 3.19. The molecule has 0 fully saturated rings. The third-order valence-electron chi connectivity index (χ3n) is 2.05. The van der Waals surface area contributed by atoms with Crippen molar-refractivity contribution in [2.45, 2.75) is 6.92 Å². The zero-order valence-corrected chi connectivity index (χ0v) is 10.7. The molecule has 1 rings (SSSR count). The molecule has 0 spiro atoms. The van der Waals surface area contributed by atoms with Gasteiger partial charge in [-0.2, -0.15) is 0 Å². The van der Waals surface area contributed by atoms with E-state index in [2.05, 4.69) is 4.74 Å². The van der Waals surface area contributed by atoms with Gasteiger partial charge in [-0.25, -0.2) is 4.79 Å². The third-order valence-corrected chi connectivity index (χ3v) is 4.25. The molecule has 0 saturated carbocycles. The average molecular weight is 254 g/mol. The van der Waals surface area contributed by atoms with E-state index in [9.17, 15) is 9.36 Å².